The average molecular weight is 303 g/mol. The quantitative estimate of drug-likeness (QED) is 0.826. The molecule has 1 heterocycles. The van der Waals surface area contributed by atoms with Crippen LogP contribution in [0, 0.1) is 0 Å². The Balaban J connectivity index is 1.90. The van der Waals surface area contributed by atoms with Crippen molar-refractivity contribution < 1.29 is 14.7 Å². The van der Waals surface area contributed by atoms with Crippen molar-refractivity contribution in [3.63, 3.8) is 0 Å². The SMILES string of the molecule is O=C(O)CC(NC(=O)CCc1ccccc1)c1cccs1. The van der Waals surface area contributed by atoms with Gasteiger partial charge in [-0.1, -0.05) is 36.4 Å². The van der Waals surface area contributed by atoms with Crippen LogP contribution in [0.2, 0.25) is 0 Å². The maximum Gasteiger partial charge on any atom is 0.305 e. The Bertz CT molecular complexity index is 581. The third kappa shape index (κ3) is 5.04. The number of thiophene rings is 1. The standard InChI is InChI=1S/C16H17NO3S/c18-15(9-8-12-5-2-1-3-6-12)17-13(11-16(19)20)14-7-4-10-21-14/h1-7,10,13H,8-9,11H2,(H,17,18)(H,19,20). The van der Waals surface area contributed by atoms with Crippen molar-refractivity contribution >= 4 is 23.2 Å². The number of benzene rings is 1. The lowest BCUT2D eigenvalue weighted by molar-refractivity contribution is -0.137. The predicted octanol–water partition coefficient (Wildman–Crippen LogP) is 3.01. The van der Waals surface area contributed by atoms with Crippen LogP contribution in [-0.4, -0.2) is 17.0 Å². The molecular formula is C16H17NO3S. The zero-order chi connectivity index (χ0) is 15.1. The Hall–Kier alpha value is -2.14. The molecule has 0 aliphatic heterocycles. The smallest absolute Gasteiger partial charge is 0.305 e. The number of hydrogen-bond acceptors (Lipinski definition) is 3. The molecule has 4 nitrogen and oxygen atoms in total. The molecule has 0 saturated heterocycles. The molecule has 0 aliphatic carbocycles. The average Bonchev–Trinajstić information content (AvgIpc) is 2.99. The molecule has 1 amide bonds. The van der Waals surface area contributed by atoms with Gasteiger partial charge in [-0.3, -0.25) is 9.59 Å². The highest BCUT2D eigenvalue weighted by molar-refractivity contribution is 7.10. The highest BCUT2D eigenvalue weighted by Gasteiger charge is 2.18. The number of carboxylic acid groups (broad SMARTS) is 1. The zero-order valence-corrected chi connectivity index (χ0v) is 12.3. The summed E-state index contributed by atoms with van der Waals surface area (Å²) >= 11 is 1.45. The van der Waals surface area contributed by atoms with E-state index in [0.29, 0.717) is 12.8 Å². The van der Waals surface area contributed by atoms with Gasteiger partial charge >= 0.3 is 5.97 Å². The molecule has 0 spiro atoms. The summed E-state index contributed by atoms with van der Waals surface area (Å²) in [5, 5.41) is 13.6. The van der Waals surface area contributed by atoms with E-state index in [1.54, 1.807) is 0 Å². The normalized spacial score (nSPS) is 11.8. The van der Waals surface area contributed by atoms with Crippen LogP contribution in [0.15, 0.2) is 47.8 Å². The summed E-state index contributed by atoms with van der Waals surface area (Å²) in [5.41, 5.74) is 1.10. The number of hydrogen-bond donors (Lipinski definition) is 2. The fraction of sp³-hybridized carbons (Fsp3) is 0.250. The molecule has 0 radical (unpaired) electrons. The van der Waals surface area contributed by atoms with Gasteiger partial charge in [0.05, 0.1) is 12.5 Å². The van der Waals surface area contributed by atoms with Gasteiger partial charge in [-0.05, 0) is 23.4 Å². The molecule has 2 aromatic rings. The van der Waals surface area contributed by atoms with Crippen LogP contribution in [0.1, 0.15) is 29.3 Å². The van der Waals surface area contributed by atoms with E-state index in [4.69, 9.17) is 5.11 Å². The van der Waals surface area contributed by atoms with E-state index in [-0.39, 0.29) is 12.3 Å². The van der Waals surface area contributed by atoms with E-state index in [9.17, 15) is 9.59 Å². The molecule has 0 saturated carbocycles. The minimum Gasteiger partial charge on any atom is -0.481 e. The first kappa shape index (κ1) is 15.3. The second kappa shape index (κ2) is 7.59. The maximum atomic E-state index is 12.0. The van der Waals surface area contributed by atoms with Gasteiger partial charge in [0.25, 0.3) is 0 Å². The summed E-state index contributed by atoms with van der Waals surface area (Å²) in [6.07, 6.45) is 0.903. The van der Waals surface area contributed by atoms with Crippen molar-refractivity contribution in [1.82, 2.24) is 5.32 Å². The summed E-state index contributed by atoms with van der Waals surface area (Å²) < 4.78 is 0. The van der Waals surface area contributed by atoms with Crippen molar-refractivity contribution in [3.05, 3.63) is 58.3 Å². The number of carbonyl (C=O) groups excluding carboxylic acids is 1. The van der Waals surface area contributed by atoms with Crippen molar-refractivity contribution in [1.29, 1.82) is 0 Å². The molecule has 1 unspecified atom stereocenters. The van der Waals surface area contributed by atoms with E-state index in [0.717, 1.165) is 10.4 Å². The van der Waals surface area contributed by atoms with Crippen molar-refractivity contribution in [2.24, 2.45) is 0 Å². The molecule has 21 heavy (non-hydrogen) atoms. The van der Waals surface area contributed by atoms with Crippen molar-refractivity contribution in [2.45, 2.75) is 25.3 Å². The zero-order valence-electron chi connectivity index (χ0n) is 11.5. The first-order chi connectivity index (χ1) is 10.1. The first-order valence-corrected chi connectivity index (χ1v) is 7.61. The minimum absolute atomic E-state index is 0.0996. The lowest BCUT2D eigenvalue weighted by atomic mass is 10.1. The Morgan fingerprint density at radius 2 is 1.90 bits per heavy atom. The van der Waals surface area contributed by atoms with Crippen LogP contribution in [-0.2, 0) is 16.0 Å². The van der Waals surface area contributed by atoms with Gasteiger partial charge in [0.15, 0.2) is 0 Å². The molecule has 0 bridgehead atoms. The topological polar surface area (TPSA) is 66.4 Å². The van der Waals surface area contributed by atoms with Crippen molar-refractivity contribution in [2.75, 3.05) is 0 Å². The molecule has 1 aromatic heterocycles. The Labute approximate surface area is 127 Å². The number of nitrogens with one attached hydrogen (secondary N) is 1. The van der Waals surface area contributed by atoms with E-state index in [1.165, 1.54) is 11.3 Å². The van der Waals surface area contributed by atoms with E-state index < -0.39 is 12.0 Å². The van der Waals surface area contributed by atoms with Crippen LogP contribution in [0.4, 0.5) is 0 Å². The number of aliphatic carboxylic acids is 1. The molecule has 0 aliphatic rings. The van der Waals surface area contributed by atoms with Gasteiger partial charge < -0.3 is 10.4 Å². The molecular weight excluding hydrogens is 286 g/mol. The van der Waals surface area contributed by atoms with Gasteiger partial charge in [0.2, 0.25) is 5.91 Å². The molecule has 2 rings (SSSR count). The maximum absolute atomic E-state index is 12.0. The van der Waals surface area contributed by atoms with Gasteiger partial charge in [0.1, 0.15) is 0 Å². The minimum atomic E-state index is -0.920. The summed E-state index contributed by atoms with van der Waals surface area (Å²) in [6.45, 7) is 0. The second-order valence-corrected chi connectivity index (χ2v) is 5.70. The van der Waals surface area contributed by atoms with Crippen LogP contribution in [0.3, 0.4) is 0 Å². The number of rotatable bonds is 7. The number of aryl methyl sites for hydroxylation is 1. The number of carboxylic acids is 1. The monoisotopic (exact) mass is 303 g/mol. The fourth-order valence-electron chi connectivity index (χ4n) is 2.06. The van der Waals surface area contributed by atoms with E-state index in [2.05, 4.69) is 5.32 Å². The second-order valence-electron chi connectivity index (χ2n) is 4.72. The first-order valence-electron chi connectivity index (χ1n) is 6.73. The van der Waals surface area contributed by atoms with E-state index in [1.807, 2.05) is 47.8 Å². The van der Waals surface area contributed by atoms with Crippen LogP contribution >= 0.6 is 11.3 Å². The molecule has 1 atom stereocenters. The van der Waals surface area contributed by atoms with Crippen molar-refractivity contribution in [3.8, 4) is 0 Å². The van der Waals surface area contributed by atoms with Gasteiger partial charge in [-0.25, -0.2) is 0 Å². The van der Waals surface area contributed by atoms with Gasteiger partial charge in [-0.2, -0.15) is 0 Å². The largest absolute Gasteiger partial charge is 0.481 e. The third-order valence-corrected chi connectivity index (χ3v) is 4.07. The van der Waals surface area contributed by atoms with Crippen LogP contribution in [0.25, 0.3) is 0 Å². The number of amides is 1. The number of carbonyl (C=O) groups is 2. The predicted molar refractivity (Wildman–Crippen MR) is 82.2 cm³/mol. The summed E-state index contributed by atoms with van der Waals surface area (Å²) in [4.78, 5) is 23.8. The molecule has 2 N–H and O–H groups in total. The van der Waals surface area contributed by atoms with Gasteiger partial charge in [-0.15, -0.1) is 11.3 Å². The molecule has 110 valence electrons. The lowest BCUT2D eigenvalue weighted by Crippen LogP contribution is -2.29. The fourth-order valence-corrected chi connectivity index (χ4v) is 2.83. The van der Waals surface area contributed by atoms with E-state index >= 15 is 0 Å². The Morgan fingerprint density at radius 3 is 2.52 bits per heavy atom. The molecule has 0 fully saturated rings. The van der Waals surface area contributed by atoms with Crippen LogP contribution < -0.4 is 5.32 Å². The summed E-state index contributed by atoms with van der Waals surface area (Å²) in [5.74, 6) is -1.05. The molecule has 1 aromatic carbocycles. The summed E-state index contributed by atoms with van der Waals surface area (Å²) in [6, 6.07) is 13.0. The Kier molecular flexibility index (Phi) is 5.51. The third-order valence-electron chi connectivity index (χ3n) is 3.08. The highest BCUT2D eigenvalue weighted by Crippen LogP contribution is 2.22. The molecule has 5 heteroatoms. The Morgan fingerprint density at radius 1 is 1.14 bits per heavy atom. The summed E-state index contributed by atoms with van der Waals surface area (Å²) in [7, 11) is 0. The van der Waals surface area contributed by atoms with Gasteiger partial charge in [0, 0.05) is 11.3 Å². The van der Waals surface area contributed by atoms with Crippen LogP contribution in [0.5, 0.6) is 0 Å². The highest BCUT2D eigenvalue weighted by atomic mass is 32.1. The lowest BCUT2D eigenvalue weighted by Gasteiger charge is -2.15.